The number of hydrogen-bond donors (Lipinski definition) is 1. The number of carboxylic acid groups (broad SMARTS) is 1. The van der Waals surface area contributed by atoms with E-state index in [4.69, 9.17) is 57.2 Å². The predicted molar refractivity (Wildman–Crippen MR) is 160 cm³/mol. The van der Waals surface area contributed by atoms with Gasteiger partial charge in [0.15, 0.2) is 0 Å². The smallest absolute Gasteiger partial charge is 0.329 e. The number of ether oxygens (including phenoxy) is 11. The fourth-order valence-electron chi connectivity index (χ4n) is 3.34. The van der Waals surface area contributed by atoms with Crippen LogP contribution in [0.1, 0.15) is 45.4 Å². The molecule has 1 N–H and O–H groups in total. The fraction of sp³-hybridized carbons (Fsp3) is 0.967. The minimum Gasteiger partial charge on any atom is -0.480 e. The van der Waals surface area contributed by atoms with Crippen LogP contribution in [-0.2, 0) is 56.9 Å². The molecule has 43 heavy (non-hydrogen) atoms. The maximum Gasteiger partial charge on any atom is 0.329 e. The number of rotatable bonds is 39. The summed E-state index contributed by atoms with van der Waals surface area (Å²) in [7, 11) is 0. The molecule has 0 saturated heterocycles. The van der Waals surface area contributed by atoms with Gasteiger partial charge in [0.2, 0.25) is 0 Å². The molecule has 0 aliphatic heterocycles. The van der Waals surface area contributed by atoms with E-state index in [1.54, 1.807) is 0 Å². The Balaban J connectivity index is 3.03. The summed E-state index contributed by atoms with van der Waals surface area (Å²) in [4.78, 5) is 10.3. The van der Waals surface area contributed by atoms with Crippen molar-refractivity contribution in [3.8, 4) is 0 Å². The molecular weight excluding hydrogens is 568 g/mol. The lowest BCUT2D eigenvalue weighted by atomic mass is 10.1. The molecule has 0 aromatic rings. The van der Waals surface area contributed by atoms with Crippen LogP contribution in [0.5, 0.6) is 0 Å². The lowest BCUT2D eigenvalue weighted by Gasteiger charge is -2.09. The number of carbonyl (C=O) groups is 1. The van der Waals surface area contributed by atoms with E-state index in [1.807, 2.05) is 0 Å². The minimum atomic E-state index is -0.993. The van der Waals surface area contributed by atoms with Gasteiger partial charge in [-0.05, 0) is 6.42 Å². The predicted octanol–water partition coefficient (Wildman–Crippen LogP) is 2.61. The Hall–Kier alpha value is -0.970. The highest BCUT2D eigenvalue weighted by molar-refractivity contribution is 5.67. The summed E-state index contributed by atoms with van der Waals surface area (Å²) in [5, 5.41) is 8.42. The van der Waals surface area contributed by atoms with E-state index in [2.05, 4.69) is 6.92 Å². The fourth-order valence-corrected chi connectivity index (χ4v) is 3.34. The monoisotopic (exact) mass is 628 g/mol. The highest BCUT2D eigenvalue weighted by Gasteiger charge is 1.98. The van der Waals surface area contributed by atoms with Crippen LogP contribution in [0.25, 0.3) is 0 Å². The van der Waals surface area contributed by atoms with Gasteiger partial charge in [-0.3, -0.25) is 0 Å². The normalized spacial score (nSPS) is 11.5. The summed E-state index contributed by atoms with van der Waals surface area (Å²) in [6, 6.07) is 0. The van der Waals surface area contributed by atoms with Crippen molar-refractivity contribution >= 4 is 5.97 Å². The van der Waals surface area contributed by atoms with Crippen LogP contribution >= 0.6 is 0 Å². The van der Waals surface area contributed by atoms with Crippen molar-refractivity contribution in [2.45, 2.75) is 45.4 Å². The quantitative estimate of drug-likeness (QED) is 0.0999. The van der Waals surface area contributed by atoms with Gasteiger partial charge >= 0.3 is 5.97 Å². The van der Waals surface area contributed by atoms with Crippen LogP contribution in [0.15, 0.2) is 0 Å². The zero-order valence-corrected chi connectivity index (χ0v) is 26.6. The Kier molecular flexibility index (Phi) is 38.2. The second kappa shape index (κ2) is 39.1. The van der Waals surface area contributed by atoms with Gasteiger partial charge in [0, 0.05) is 6.61 Å². The molecule has 13 nitrogen and oxygen atoms in total. The molecule has 0 aromatic carbocycles. The van der Waals surface area contributed by atoms with Crippen molar-refractivity contribution in [3.63, 3.8) is 0 Å². The van der Waals surface area contributed by atoms with E-state index < -0.39 is 5.97 Å². The molecule has 258 valence electrons. The molecule has 0 aromatic heterocycles. The average molecular weight is 629 g/mol. The van der Waals surface area contributed by atoms with Gasteiger partial charge in [-0.15, -0.1) is 0 Å². The van der Waals surface area contributed by atoms with Crippen LogP contribution in [-0.4, -0.2) is 156 Å². The summed E-state index contributed by atoms with van der Waals surface area (Å²) >= 11 is 0. The second-order valence-corrected chi connectivity index (χ2v) is 9.34. The van der Waals surface area contributed by atoms with Gasteiger partial charge in [0.05, 0.1) is 132 Å². The van der Waals surface area contributed by atoms with Crippen LogP contribution in [0.2, 0.25) is 0 Å². The van der Waals surface area contributed by atoms with Gasteiger partial charge < -0.3 is 57.2 Å². The summed E-state index contributed by atoms with van der Waals surface area (Å²) in [5.41, 5.74) is 0. The van der Waals surface area contributed by atoms with Crippen molar-refractivity contribution in [3.05, 3.63) is 0 Å². The van der Waals surface area contributed by atoms with Crippen molar-refractivity contribution in [1.82, 2.24) is 0 Å². The molecule has 0 aliphatic rings. The molecule has 0 unspecified atom stereocenters. The van der Waals surface area contributed by atoms with Crippen LogP contribution < -0.4 is 0 Å². The number of aliphatic carboxylic acids is 1. The number of unbranched alkanes of at least 4 members (excludes halogenated alkanes) is 5. The zero-order chi connectivity index (χ0) is 31.2. The lowest BCUT2D eigenvalue weighted by Crippen LogP contribution is -2.15. The molecule has 0 aliphatic carbocycles. The Morgan fingerprint density at radius 2 is 0.581 bits per heavy atom. The van der Waals surface area contributed by atoms with E-state index in [1.165, 1.54) is 32.1 Å². The molecule has 0 fully saturated rings. The van der Waals surface area contributed by atoms with E-state index in [9.17, 15) is 4.79 Å². The molecule has 0 radical (unpaired) electrons. The highest BCUT2D eigenvalue weighted by Crippen LogP contribution is 2.04. The maximum atomic E-state index is 10.3. The Morgan fingerprint density at radius 1 is 0.349 bits per heavy atom. The van der Waals surface area contributed by atoms with Crippen LogP contribution in [0.4, 0.5) is 0 Å². The molecule has 0 atom stereocenters. The van der Waals surface area contributed by atoms with Gasteiger partial charge in [-0.25, -0.2) is 4.79 Å². The molecule has 0 bridgehead atoms. The first-order valence-electron chi connectivity index (χ1n) is 15.8. The highest BCUT2D eigenvalue weighted by atomic mass is 16.6. The third kappa shape index (κ3) is 41.0. The van der Waals surface area contributed by atoms with Crippen molar-refractivity contribution in [2.24, 2.45) is 0 Å². The first-order valence-corrected chi connectivity index (χ1v) is 15.8. The zero-order valence-electron chi connectivity index (χ0n) is 26.6. The third-order valence-electron chi connectivity index (χ3n) is 5.59. The first-order chi connectivity index (χ1) is 21.3. The second-order valence-electron chi connectivity index (χ2n) is 9.34. The van der Waals surface area contributed by atoms with E-state index in [0.29, 0.717) is 126 Å². The molecule has 0 rings (SSSR count). The molecule has 13 heteroatoms. The lowest BCUT2D eigenvalue weighted by molar-refractivity contribution is -0.142. The van der Waals surface area contributed by atoms with Crippen molar-refractivity contribution in [1.29, 1.82) is 0 Å². The minimum absolute atomic E-state index is 0.245. The third-order valence-corrected chi connectivity index (χ3v) is 5.59. The Morgan fingerprint density at radius 3 is 0.860 bits per heavy atom. The van der Waals surface area contributed by atoms with E-state index in [-0.39, 0.29) is 13.2 Å². The Labute approximate surface area is 259 Å². The molecule has 0 amide bonds. The topological polar surface area (TPSA) is 139 Å². The molecule has 0 saturated carbocycles. The average Bonchev–Trinajstić information content (AvgIpc) is 3.00. The summed E-state index contributed by atoms with van der Waals surface area (Å²) < 4.78 is 59.3. The molecular formula is C30H60O13. The molecule has 0 spiro atoms. The van der Waals surface area contributed by atoms with E-state index in [0.717, 1.165) is 13.0 Å². The first kappa shape index (κ1) is 42.0. The Bertz CT molecular complexity index is 528. The van der Waals surface area contributed by atoms with Gasteiger partial charge in [-0.1, -0.05) is 39.0 Å². The summed E-state index contributed by atoms with van der Waals surface area (Å²) in [5.74, 6) is -0.993. The molecule has 0 heterocycles. The number of carboxylic acids is 1. The number of hydrogen-bond acceptors (Lipinski definition) is 12. The van der Waals surface area contributed by atoms with Crippen molar-refractivity contribution in [2.75, 3.05) is 145 Å². The maximum absolute atomic E-state index is 10.3. The van der Waals surface area contributed by atoms with Crippen molar-refractivity contribution < 1.29 is 62.0 Å². The summed E-state index contributed by atoms with van der Waals surface area (Å²) in [6.45, 7) is 12.5. The van der Waals surface area contributed by atoms with Gasteiger partial charge in [-0.2, -0.15) is 0 Å². The van der Waals surface area contributed by atoms with Crippen LogP contribution in [0.3, 0.4) is 0 Å². The van der Waals surface area contributed by atoms with Crippen LogP contribution in [0, 0.1) is 0 Å². The van der Waals surface area contributed by atoms with E-state index >= 15 is 0 Å². The standard InChI is InChI=1S/C30H60O13/c1-2-3-4-5-6-7-8-33-9-10-34-11-12-35-13-14-36-15-16-37-17-18-38-19-20-39-21-22-40-23-24-41-25-26-42-27-28-43-29-30(31)32/h2-29H2,1H3,(H,31,32). The van der Waals surface area contributed by atoms with Gasteiger partial charge in [0.1, 0.15) is 6.61 Å². The SMILES string of the molecule is CCCCCCCCOCCOCCOCCOCCOCCOCCOCCOCCOCCOCCOCC(=O)O. The summed E-state index contributed by atoms with van der Waals surface area (Å²) in [6.07, 6.45) is 7.66. The van der Waals surface area contributed by atoms with Gasteiger partial charge in [0.25, 0.3) is 0 Å². The largest absolute Gasteiger partial charge is 0.480 e.